The Labute approximate surface area is 149 Å². The molecule has 0 aliphatic carbocycles. The topological polar surface area (TPSA) is 59.8 Å². The summed E-state index contributed by atoms with van der Waals surface area (Å²) in [6.07, 6.45) is 0.933. The number of hydrogen-bond acceptors (Lipinski definition) is 5. The lowest BCUT2D eigenvalue weighted by Crippen LogP contribution is -2.46. The second-order valence-corrected chi connectivity index (χ2v) is 7.24. The van der Waals surface area contributed by atoms with Gasteiger partial charge in [-0.15, -0.1) is 0 Å². The van der Waals surface area contributed by atoms with Crippen LogP contribution in [0.5, 0.6) is 0 Å². The van der Waals surface area contributed by atoms with E-state index in [0.29, 0.717) is 24.8 Å². The van der Waals surface area contributed by atoms with Gasteiger partial charge in [0.15, 0.2) is 0 Å². The van der Waals surface area contributed by atoms with Crippen LogP contribution in [0.3, 0.4) is 0 Å². The van der Waals surface area contributed by atoms with Crippen LogP contribution in [0.2, 0.25) is 0 Å². The average molecular weight is 350 g/mol. The number of aryl methyl sites for hydroxylation is 1. The van der Waals surface area contributed by atoms with Crippen LogP contribution in [0, 0.1) is 0 Å². The van der Waals surface area contributed by atoms with Gasteiger partial charge in [-0.1, -0.05) is 13.8 Å². The van der Waals surface area contributed by atoms with E-state index >= 15 is 0 Å². The predicted octanol–water partition coefficient (Wildman–Crippen LogP) is 1.11. The number of morpholine rings is 1. The summed E-state index contributed by atoms with van der Waals surface area (Å²) in [4.78, 5) is 17.3. The molecule has 0 saturated carbocycles. The highest BCUT2D eigenvalue weighted by Gasteiger charge is 2.27. The quantitative estimate of drug-likeness (QED) is 0.814. The van der Waals surface area contributed by atoms with Gasteiger partial charge >= 0.3 is 0 Å². The Morgan fingerprint density at radius 1 is 1.28 bits per heavy atom. The van der Waals surface area contributed by atoms with Gasteiger partial charge in [0.2, 0.25) is 0 Å². The predicted molar refractivity (Wildman–Crippen MR) is 94.8 cm³/mol. The van der Waals surface area contributed by atoms with Crippen LogP contribution in [-0.2, 0) is 16.5 Å². The largest absolute Gasteiger partial charge is 0.379 e. The monoisotopic (exact) mass is 350 g/mol. The third kappa shape index (κ3) is 4.59. The number of carbonyl (C=O) groups excluding carboxylic acids is 1. The van der Waals surface area contributed by atoms with Crippen molar-refractivity contribution >= 4 is 5.91 Å². The summed E-state index contributed by atoms with van der Waals surface area (Å²) in [5.41, 5.74) is 1.62. The molecule has 25 heavy (non-hydrogen) atoms. The van der Waals surface area contributed by atoms with E-state index in [1.165, 1.54) is 0 Å². The number of aromatic nitrogens is 2. The lowest BCUT2D eigenvalue weighted by atomic mass is 10.1. The lowest BCUT2D eigenvalue weighted by Gasteiger charge is -2.31. The van der Waals surface area contributed by atoms with Crippen LogP contribution in [0.4, 0.5) is 0 Å². The molecule has 1 aromatic rings. The molecule has 1 atom stereocenters. The minimum atomic E-state index is 0.0550. The molecule has 2 aliphatic rings. The fourth-order valence-electron chi connectivity index (χ4n) is 3.40. The van der Waals surface area contributed by atoms with Gasteiger partial charge in [-0.2, -0.15) is 5.10 Å². The van der Waals surface area contributed by atoms with Crippen molar-refractivity contribution in [3.63, 3.8) is 0 Å². The maximum atomic E-state index is 13.0. The van der Waals surface area contributed by atoms with Gasteiger partial charge in [-0.25, -0.2) is 0 Å². The summed E-state index contributed by atoms with van der Waals surface area (Å²) in [6, 6.07) is 1.93. The number of carbonyl (C=O) groups is 1. The third-order valence-electron chi connectivity index (χ3n) is 4.91. The molecule has 140 valence electrons. The van der Waals surface area contributed by atoms with Crippen molar-refractivity contribution in [1.82, 2.24) is 19.6 Å². The first-order valence-electron chi connectivity index (χ1n) is 9.29. The molecule has 7 heteroatoms. The number of nitrogens with zero attached hydrogens (tertiary/aromatic N) is 4. The molecular formula is C18H30N4O3. The second kappa shape index (κ2) is 8.29. The van der Waals surface area contributed by atoms with E-state index in [-0.39, 0.29) is 12.0 Å². The van der Waals surface area contributed by atoms with Gasteiger partial charge in [-0.3, -0.25) is 14.4 Å². The average Bonchev–Trinajstić information content (AvgIpc) is 2.84. The van der Waals surface area contributed by atoms with Crippen LogP contribution < -0.4 is 0 Å². The molecule has 0 N–H and O–H groups in total. The van der Waals surface area contributed by atoms with Crippen molar-refractivity contribution in [2.24, 2.45) is 7.05 Å². The number of ether oxygens (including phenoxy) is 2. The zero-order chi connectivity index (χ0) is 17.8. The highest BCUT2D eigenvalue weighted by atomic mass is 16.5. The van der Waals surface area contributed by atoms with E-state index in [9.17, 15) is 4.79 Å². The molecule has 0 aromatic carbocycles. The summed E-state index contributed by atoms with van der Waals surface area (Å²) >= 11 is 0. The number of hydrogen-bond donors (Lipinski definition) is 0. The first-order chi connectivity index (χ1) is 12.0. The summed E-state index contributed by atoms with van der Waals surface area (Å²) in [7, 11) is 1.85. The summed E-state index contributed by atoms with van der Waals surface area (Å²) in [5.74, 6) is 0.369. The molecule has 3 rings (SSSR count). The molecule has 0 spiro atoms. The molecule has 0 bridgehead atoms. The first kappa shape index (κ1) is 18.4. The van der Waals surface area contributed by atoms with E-state index in [1.807, 2.05) is 18.0 Å². The van der Waals surface area contributed by atoms with E-state index in [1.54, 1.807) is 4.68 Å². The Morgan fingerprint density at radius 2 is 2.04 bits per heavy atom. The Morgan fingerprint density at radius 3 is 2.72 bits per heavy atom. The highest BCUT2D eigenvalue weighted by molar-refractivity contribution is 5.92. The van der Waals surface area contributed by atoms with Crippen molar-refractivity contribution in [2.45, 2.75) is 32.3 Å². The minimum absolute atomic E-state index is 0.0550. The third-order valence-corrected chi connectivity index (χ3v) is 4.91. The Hall–Kier alpha value is -1.44. The Bertz CT molecular complexity index is 581. The van der Waals surface area contributed by atoms with Gasteiger partial charge in [-0.05, 0) is 18.4 Å². The van der Waals surface area contributed by atoms with Gasteiger partial charge in [0.1, 0.15) is 5.69 Å². The summed E-state index contributed by atoms with van der Waals surface area (Å²) < 4.78 is 13.1. The van der Waals surface area contributed by atoms with Crippen LogP contribution in [0.15, 0.2) is 6.07 Å². The molecule has 1 amide bonds. The minimum Gasteiger partial charge on any atom is -0.379 e. The molecule has 2 fully saturated rings. The maximum Gasteiger partial charge on any atom is 0.272 e. The van der Waals surface area contributed by atoms with Crippen molar-refractivity contribution in [1.29, 1.82) is 0 Å². The van der Waals surface area contributed by atoms with Crippen LogP contribution in [0.25, 0.3) is 0 Å². The van der Waals surface area contributed by atoms with E-state index in [4.69, 9.17) is 9.47 Å². The van der Waals surface area contributed by atoms with Gasteiger partial charge in [0.05, 0.1) is 25.0 Å². The molecule has 7 nitrogen and oxygen atoms in total. The summed E-state index contributed by atoms with van der Waals surface area (Å²) in [6.45, 7) is 10.6. The van der Waals surface area contributed by atoms with Crippen molar-refractivity contribution in [2.75, 3.05) is 52.5 Å². The summed E-state index contributed by atoms with van der Waals surface area (Å²) in [5, 5.41) is 4.48. The zero-order valence-electron chi connectivity index (χ0n) is 15.6. The van der Waals surface area contributed by atoms with Crippen molar-refractivity contribution < 1.29 is 14.3 Å². The lowest BCUT2D eigenvalue weighted by molar-refractivity contribution is -0.0113. The second-order valence-electron chi connectivity index (χ2n) is 7.24. The SMILES string of the molecule is CC(C)c1cc(C(=O)N2CCCOC(CN3CCOCC3)C2)n(C)n1. The molecule has 2 saturated heterocycles. The Balaban J connectivity index is 1.66. The smallest absolute Gasteiger partial charge is 0.272 e. The Kier molecular flexibility index (Phi) is 6.09. The molecule has 2 aliphatic heterocycles. The van der Waals surface area contributed by atoms with Crippen LogP contribution >= 0.6 is 0 Å². The van der Waals surface area contributed by atoms with E-state index in [0.717, 1.165) is 51.5 Å². The van der Waals surface area contributed by atoms with Gasteiger partial charge in [0, 0.05) is 46.4 Å². The number of rotatable bonds is 4. The zero-order valence-corrected chi connectivity index (χ0v) is 15.6. The highest BCUT2D eigenvalue weighted by Crippen LogP contribution is 2.17. The van der Waals surface area contributed by atoms with Gasteiger partial charge < -0.3 is 14.4 Å². The molecule has 1 unspecified atom stereocenters. The van der Waals surface area contributed by atoms with E-state index in [2.05, 4.69) is 23.8 Å². The molecule has 0 radical (unpaired) electrons. The van der Waals surface area contributed by atoms with Crippen LogP contribution in [-0.4, -0.2) is 84.1 Å². The first-order valence-corrected chi connectivity index (χ1v) is 9.29. The van der Waals surface area contributed by atoms with E-state index < -0.39 is 0 Å². The molecule has 3 heterocycles. The molecule has 1 aromatic heterocycles. The maximum absolute atomic E-state index is 13.0. The standard InChI is InChI=1S/C18H30N4O3/c1-14(2)16-11-17(20(3)19-16)18(23)22-5-4-8-25-15(13-22)12-21-6-9-24-10-7-21/h11,14-15H,4-10,12-13H2,1-3H3. The van der Waals surface area contributed by atoms with Crippen molar-refractivity contribution in [3.8, 4) is 0 Å². The fraction of sp³-hybridized carbons (Fsp3) is 0.778. The number of amides is 1. The normalized spacial score (nSPS) is 23.0. The van der Waals surface area contributed by atoms with Gasteiger partial charge in [0.25, 0.3) is 5.91 Å². The van der Waals surface area contributed by atoms with Crippen LogP contribution in [0.1, 0.15) is 42.4 Å². The van der Waals surface area contributed by atoms with Crippen molar-refractivity contribution in [3.05, 3.63) is 17.5 Å². The molecular weight excluding hydrogens is 320 g/mol. The fourth-order valence-corrected chi connectivity index (χ4v) is 3.40.